The Bertz CT molecular complexity index is 604. The van der Waals surface area contributed by atoms with Crippen molar-refractivity contribution in [1.82, 2.24) is 15.5 Å². The van der Waals surface area contributed by atoms with Crippen molar-refractivity contribution in [2.75, 3.05) is 77.6 Å². The van der Waals surface area contributed by atoms with Gasteiger partial charge in [0, 0.05) is 58.7 Å². The van der Waals surface area contributed by atoms with Gasteiger partial charge in [0.15, 0.2) is 5.96 Å². The van der Waals surface area contributed by atoms with Crippen molar-refractivity contribution in [2.45, 2.75) is 13.3 Å². The zero-order chi connectivity index (χ0) is 20.7. The molecule has 2 N–H and O–H groups in total. The molecule has 0 aliphatic carbocycles. The molecule has 0 bridgehead atoms. The van der Waals surface area contributed by atoms with Crippen LogP contribution in [-0.4, -0.2) is 89.5 Å². The first-order valence-corrected chi connectivity index (χ1v) is 10.4. The summed E-state index contributed by atoms with van der Waals surface area (Å²) < 4.78 is 10.4. The predicted octanol–water partition coefficient (Wildman–Crippen LogP) is 0.943. The van der Waals surface area contributed by atoms with Crippen LogP contribution in [0.2, 0.25) is 0 Å². The number of hydrogen-bond donors (Lipinski definition) is 2. The molecule has 0 unspecified atom stereocenters. The molecule has 29 heavy (non-hydrogen) atoms. The van der Waals surface area contributed by atoms with Crippen LogP contribution in [0.25, 0.3) is 0 Å². The normalized spacial score (nSPS) is 14.8. The van der Waals surface area contributed by atoms with E-state index in [1.807, 2.05) is 30.0 Å². The van der Waals surface area contributed by atoms with E-state index < -0.39 is 0 Å². The van der Waals surface area contributed by atoms with Gasteiger partial charge in [0.25, 0.3) is 0 Å². The molecule has 8 nitrogen and oxygen atoms in total. The molecule has 0 spiro atoms. The lowest BCUT2D eigenvalue weighted by atomic mass is 10.2. The summed E-state index contributed by atoms with van der Waals surface area (Å²) in [6.07, 6.45) is 0.865. The van der Waals surface area contributed by atoms with Crippen LogP contribution in [0.4, 0.5) is 5.69 Å². The zero-order valence-corrected chi connectivity index (χ0v) is 17.7. The van der Waals surface area contributed by atoms with Crippen molar-refractivity contribution < 1.29 is 14.3 Å². The molecule has 0 saturated carbocycles. The van der Waals surface area contributed by atoms with E-state index >= 15 is 0 Å². The van der Waals surface area contributed by atoms with Crippen LogP contribution >= 0.6 is 0 Å². The molecule has 1 fully saturated rings. The Morgan fingerprint density at radius 2 is 1.83 bits per heavy atom. The highest BCUT2D eigenvalue weighted by molar-refractivity contribution is 5.85. The topological polar surface area (TPSA) is 78.4 Å². The summed E-state index contributed by atoms with van der Waals surface area (Å²) >= 11 is 0. The number of para-hydroxylation sites is 1. The van der Waals surface area contributed by atoms with Gasteiger partial charge in [-0.25, -0.2) is 4.99 Å². The molecule has 0 atom stereocenters. The number of benzene rings is 1. The quantitative estimate of drug-likeness (QED) is 0.324. The lowest BCUT2D eigenvalue weighted by Gasteiger charge is -2.36. The van der Waals surface area contributed by atoms with E-state index in [1.54, 1.807) is 7.11 Å². The third-order valence-corrected chi connectivity index (χ3v) is 4.66. The van der Waals surface area contributed by atoms with Gasteiger partial charge in [-0.15, -0.1) is 0 Å². The Hall–Kier alpha value is -2.32. The molecule has 1 saturated heterocycles. The summed E-state index contributed by atoms with van der Waals surface area (Å²) in [5, 5.41) is 6.43. The third-order valence-electron chi connectivity index (χ3n) is 4.66. The van der Waals surface area contributed by atoms with Crippen LogP contribution in [0, 0.1) is 0 Å². The van der Waals surface area contributed by atoms with Crippen molar-refractivity contribution in [1.29, 1.82) is 0 Å². The molecule has 1 aliphatic rings. The molecular weight excluding hydrogens is 370 g/mol. The maximum absolute atomic E-state index is 12.5. The molecule has 0 aromatic heterocycles. The standard InChI is InChI=1S/C21H35N5O3/c1-3-22-21(23-10-7-15-29-17-16-28-2)24-18-20(27)26-13-11-25(12-14-26)19-8-5-4-6-9-19/h4-6,8-9H,3,7,10-18H2,1-2H3,(H2,22,23,24). The SMILES string of the molecule is CCNC(=NCC(=O)N1CCN(c2ccccc2)CC1)NCCCOCCOC. The van der Waals surface area contributed by atoms with Gasteiger partial charge < -0.3 is 29.9 Å². The van der Waals surface area contributed by atoms with Gasteiger partial charge in [-0.3, -0.25) is 4.79 Å². The van der Waals surface area contributed by atoms with E-state index in [0.29, 0.717) is 25.8 Å². The minimum atomic E-state index is 0.0674. The summed E-state index contributed by atoms with van der Waals surface area (Å²) in [4.78, 5) is 21.2. The second kappa shape index (κ2) is 13.8. The lowest BCUT2D eigenvalue weighted by molar-refractivity contribution is -0.129. The fourth-order valence-electron chi connectivity index (χ4n) is 3.07. The molecule has 8 heteroatoms. The van der Waals surface area contributed by atoms with Crippen LogP contribution in [-0.2, 0) is 14.3 Å². The average molecular weight is 406 g/mol. The second-order valence-electron chi connectivity index (χ2n) is 6.78. The third kappa shape index (κ3) is 8.70. The van der Waals surface area contributed by atoms with Crippen molar-refractivity contribution in [3.63, 3.8) is 0 Å². The highest BCUT2D eigenvalue weighted by Crippen LogP contribution is 2.15. The van der Waals surface area contributed by atoms with Gasteiger partial charge in [0.1, 0.15) is 6.54 Å². The van der Waals surface area contributed by atoms with Crippen LogP contribution in [0.15, 0.2) is 35.3 Å². The Balaban J connectivity index is 1.69. The first kappa shape index (κ1) is 23.0. The molecule has 1 aromatic carbocycles. The summed E-state index contributed by atoms with van der Waals surface area (Å²) in [7, 11) is 1.66. The summed E-state index contributed by atoms with van der Waals surface area (Å²) in [5.74, 6) is 0.735. The van der Waals surface area contributed by atoms with Crippen molar-refractivity contribution in [3.8, 4) is 0 Å². The number of anilines is 1. The van der Waals surface area contributed by atoms with E-state index in [2.05, 4.69) is 32.7 Å². The number of amides is 1. The molecule has 0 radical (unpaired) electrons. The molecule has 1 aliphatic heterocycles. The number of guanidine groups is 1. The van der Waals surface area contributed by atoms with Crippen LogP contribution in [0.5, 0.6) is 0 Å². The Morgan fingerprint density at radius 3 is 2.52 bits per heavy atom. The average Bonchev–Trinajstić information content (AvgIpc) is 2.77. The summed E-state index contributed by atoms with van der Waals surface area (Å²) in [6.45, 7) is 8.69. The van der Waals surface area contributed by atoms with E-state index in [0.717, 1.165) is 45.7 Å². The van der Waals surface area contributed by atoms with E-state index in [-0.39, 0.29) is 12.5 Å². The molecular formula is C21H35N5O3. The number of carbonyl (C=O) groups excluding carboxylic acids is 1. The number of ether oxygens (including phenoxy) is 2. The van der Waals surface area contributed by atoms with E-state index in [9.17, 15) is 4.79 Å². The Kier molecular flexibility index (Phi) is 10.9. The summed E-state index contributed by atoms with van der Waals surface area (Å²) in [6, 6.07) is 10.3. The molecule has 1 amide bonds. The van der Waals surface area contributed by atoms with Crippen molar-refractivity contribution in [3.05, 3.63) is 30.3 Å². The number of nitrogens with zero attached hydrogens (tertiary/aromatic N) is 3. The largest absolute Gasteiger partial charge is 0.382 e. The van der Waals surface area contributed by atoms with Crippen LogP contribution < -0.4 is 15.5 Å². The van der Waals surface area contributed by atoms with Crippen LogP contribution in [0.1, 0.15) is 13.3 Å². The number of aliphatic imine (C=N–C) groups is 1. The number of carbonyl (C=O) groups is 1. The molecule has 162 valence electrons. The van der Waals surface area contributed by atoms with E-state index in [4.69, 9.17) is 9.47 Å². The Morgan fingerprint density at radius 1 is 1.07 bits per heavy atom. The zero-order valence-electron chi connectivity index (χ0n) is 17.7. The highest BCUT2D eigenvalue weighted by Gasteiger charge is 2.20. The molecule has 1 aromatic rings. The first-order valence-electron chi connectivity index (χ1n) is 10.4. The second-order valence-corrected chi connectivity index (χ2v) is 6.78. The van der Waals surface area contributed by atoms with Gasteiger partial charge in [-0.05, 0) is 25.5 Å². The predicted molar refractivity (Wildman–Crippen MR) is 117 cm³/mol. The van der Waals surface area contributed by atoms with Gasteiger partial charge in [-0.1, -0.05) is 18.2 Å². The maximum Gasteiger partial charge on any atom is 0.244 e. The number of hydrogen-bond acceptors (Lipinski definition) is 5. The minimum Gasteiger partial charge on any atom is -0.382 e. The van der Waals surface area contributed by atoms with E-state index in [1.165, 1.54) is 5.69 Å². The van der Waals surface area contributed by atoms with Gasteiger partial charge in [0.2, 0.25) is 5.91 Å². The minimum absolute atomic E-state index is 0.0674. The Labute approximate surface area is 174 Å². The van der Waals surface area contributed by atoms with Crippen molar-refractivity contribution >= 4 is 17.6 Å². The van der Waals surface area contributed by atoms with Gasteiger partial charge in [-0.2, -0.15) is 0 Å². The number of nitrogens with one attached hydrogen (secondary N) is 2. The van der Waals surface area contributed by atoms with Gasteiger partial charge in [0.05, 0.1) is 13.2 Å². The fraction of sp³-hybridized carbons (Fsp3) is 0.619. The molecule has 2 rings (SSSR count). The lowest BCUT2D eigenvalue weighted by Crippen LogP contribution is -2.49. The number of methoxy groups -OCH3 is 1. The number of rotatable bonds is 11. The molecule has 1 heterocycles. The number of piperazine rings is 1. The van der Waals surface area contributed by atoms with Crippen molar-refractivity contribution in [2.24, 2.45) is 4.99 Å². The monoisotopic (exact) mass is 405 g/mol. The summed E-state index contributed by atoms with van der Waals surface area (Å²) in [5.41, 5.74) is 1.21. The fourth-order valence-corrected chi connectivity index (χ4v) is 3.07. The highest BCUT2D eigenvalue weighted by atomic mass is 16.5. The first-order chi connectivity index (χ1) is 14.2. The van der Waals surface area contributed by atoms with Gasteiger partial charge >= 0.3 is 0 Å². The maximum atomic E-state index is 12.5. The smallest absolute Gasteiger partial charge is 0.244 e. The van der Waals surface area contributed by atoms with Crippen LogP contribution in [0.3, 0.4) is 0 Å².